The van der Waals surface area contributed by atoms with Crippen LogP contribution in [-0.4, -0.2) is 42.3 Å². The van der Waals surface area contributed by atoms with Crippen LogP contribution in [0.4, 0.5) is 4.79 Å². The van der Waals surface area contributed by atoms with Crippen LogP contribution in [0.1, 0.15) is 37.3 Å². The van der Waals surface area contributed by atoms with E-state index in [9.17, 15) is 14.4 Å². The van der Waals surface area contributed by atoms with E-state index in [4.69, 9.17) is 9.84 Å². The van der Waals surface area contributed by atoms with E-state index in [1.165, 1.54) is 0 Å². The minimum atomic E-state index is -1.20. The maximum Gasteiger partial charge on any atom is 0.407 e. The largest absolute Gasteiger partial charge is 0.479 e. The Balaban J connectivity index is 1.57. The second kappa shape index (κ2) is 10.1. The number of fused-ring (bicyclic) bond motifs is 3. The number of rotatable bonds is 9. The van der Waals surface area contributed by atoms with Crippen molar-refractivity contribution in [1.29, 1.82) is 0 Å². The van der Waals surface area contributed by atoms with E-state index in [1.807, 2.05) is 50.2 Å². The number of hydrogen-bond acceptors (Lipinski definition) is 5. The molecule has 2 aromatic rings. The van der Waals surface area contributed by atoms with Crippen molar-refractivity contribution in [3.05, 3.63) is 59.7 Å². The summed E-state index contributed by atoms with van der Waals surface area (Å²) in [5.41, 5.74) is 6.58. The average molecular weight is 426 g/mol. The monoisotopic (exact) mass is 426 g/mol. The topological polar surface area (TPSA) is 114 Å². The van der Waals surface area contributed by atoms with E-state index < -0.39 is 30.6 Å². The highest BCUT2D eigenvalue weighted by Crippen LogP contribution is 2.44. The molecule has 0 fully saturated rings. The Labute approximate surface area is 180 Å². The highest BCUT2D eigenvalue weighted by Gasteiger charge is 2.29. The van der Waals surface area contributed by atoms with E-state index in [2.05, 4.69) is 27.8 Å². The predicted octanol–water partition coefficient (Wildman–Crippen LogP) is 3.07. The summed E-state index contributed by atoms with van der Waals surface area (Å²) in [7, 11) is 0. The van der Waals surface area contributed by atoms with Crippen LogP contribution in [0.25, 0.3) is 11.1 Å². The van der Waals surface area contributed by atoms with Crippen molar-refractivity contribution in [3.8, 4) is 11.1 Å². The summed E-state index contributed by atoms with van der Waals surface area (Å²) in [4.78, 5) is 39.4. The highest BCUT2D eigenvalue weighted by molar-refractivity contribution is 5.79. The first-order valence-corrected chi connectivity index (χ1v) is 10.1. The fourth-order valence-corrected chi connectivity index (χ4v) is 3.66. The summed E-state index contributed by atoms with van der Waals surface area (Å²) in [5.74, 6) is -1.83. The van der Waals surface area contributed by atoms with Crippen LogP contribution in [0.5, 0.6) is 0 Å². The molecule has 0 saturated carbocycles. The molecular formula is C23H26N2O6. The van der Waals surface area contributed by atoms with Gasteiger partial charge < -0.3 is 15.2 Å². The molecule has 0 saturated heterocycles. The molecule has 0 aromatic heterocycles. The SMILES string of the molecule is CC(C)C(CC(=O)NOCC(=O)O)NC(=O)OCC1c2ccccc2-c2ccccc21. The number of hydroxylamine groups is 1. The molecule has 0 heterocycles. The van der Waals surface area contributed by atoms with Crippen molar-refractivity contribution in [2.45, 2.75) is 32.2 Å². The minimum absolute atomic E-state index is 0.0503. The molecule has 0 spiro atoms. The molecule has 1 unspecified atom stereocenters. The predicted molar refractivity (Wildman–Crippen MR) is 113 cm³/mol. The van der Waals surface area contributed by atoms with Crippen molar-refractivity contribution < 1.29 is 29.1 Å². The Morgan fingerprint density at radius 3 is 2.13 bits per heavy atom. The lowest BCUT2D eigenvalue weighted by Gasteiger charge is -2.22. The van der Waals surface area contributed by atoms with Gasteiger partial charge in [0.2, 0.25) is 5.91 Å². The van der Waals surface area contributed by atoms with Crippen LogP contribution >= 0.6 is 0 Å². The number of carbonyl (C=O) groups is 3. The fourth-order valence-electron chi connectivity index (χ4n) is 3.66. The third-order valence-corrected chi connectivity index (χ3v) is 5.24. The Bertz CT molecular complexity index is 913. The number of carboxylic acid groups (broad SMARTS) is 1. The van der Waals surface area contributed by atoms with Crippen molar-refractivity contribution in [2.24, 2.45) is 5.92 Å². The van der Waals surface area contributed by atoms with Crippen LogP contribution in [0.2, 0.25) is 0 Å². The van der Waals surface area contributed by atoms with Gasteiger partial charge in [-0.1, -0.05) is 62.4 Å². The maximum atomic E-state index is 12.4. The summed E-state index contributed by atoms with van der Waals surface area (Å²) in [6.07, 6.45) is -0.679. The molecule has 1 aliphatic carbocycles. The van der Waals surface area contributed by atoms with Crippen LogP contribution in [-0.2, 0) is 19.2 Å². The molecule has 164 valence electrons. The number of carbonyl (C=O) groups excluding carboxylic acids is 2. The van der Waals surface area contributed by atoms with Gasteiger partial charge in [-0.15, -0.1) is 0 Å². The standard InChI is InChI=1S/C23H26N2O6/c1-14(2)20(11-21(26)25-31-13-22(27)28)24-23(29)30-12-19-17-9-5-3-7-15(17)16-8-4-6-10-18(16)19/h3-10,14,19-20H,11-13H2,1-2H3,(H,24,29)(H,25,26)(H,27,28). The van der Waals surface area contributed by atoms with Crippen molar-refractivity contribution >= 4 is 18.0 Å². The number of aliphatic carboxylic acids is 1. The first-order valence-electron chi connectivity index (χ1n) is 10.1. The molecule has 0 bridgehead atoms. The number of amides is 2. The molecule has 3 rings (SSSR count). The number of nitrogens with one attached hydrogen (secondary N) is 2. The van der Waals surface area contributed by atoms with E-state index in [0.29, 0.717) is 0 Å². The smallest absolute Gasteiger partial charge is 0.407 e. The van der Waals surface area contributed by atoms with Crippen LogP contribution in [0, 0.1) is 5.92 Å². The molecule has 2 aromatic carbocycles. The first-order chi connectivity index (χ1) is 14.9. The first kappa shape index (κ1) is 22.3. The van der Waals surface area contributed by atoms with Gasteiger partial charge >= 0.3 is 12.1 Å². The average Bonchev–Trinajstić information content (AvgIpc) is 3.05. The molecule has 3 N–H and O–H groups in total. The Morgan fingerprint density at radius 2 is 1.58 bits per heavy atom. The van der Waals surface area contributed by atoms with Gasteiger partial charge in [0.25, 0.3) is 0 Å². The molecular weight excluding hydrogens is 400 g/mol. The third kappa shape index (κ3) is 5.61. The Morgan fingerprint density at radius 1 is 1.00 bits per heavy atom. The molecule has 1 atom stereocenters. The van der Waals surface area contributed by atoms with E-state index in [0.717, 1.165) is 22.3 Å². The molecule has 2 amide bonds. The second-order valence-corrected chi connectivity index (χ2v) is 7.73. The summed E-state index contributed by atoms with van der Waals surface area (Å²) in [5, 5.41) is 11.3. The summed E-state index contributed by atoms with van der Waals surface area (Å²) < 4.78 is 5.52. The summed E-state index contributed by atoms with van der Waals surface area (Å²) in [6, 6.07) is 15.6. The van der Waals surface area contributed by atoms with Gasteiger partial charge in [-0.2, -0.15) is 0 Å². The van der Waals surface area contributed by atoms with Gasteiger partial charge in [0.05, 0.1) is 0 Å². The fraction of sp³-hybridized carbons (Fsp3) is 0.348. The van der Waals surface area contributed by atoms with Crippen LogP contribution in [0.3, 0.4) is 0 Å². The highest BCUT2D eigenvalue weighted by atomic mass is 16.7. The normalized spacial score (nSPS) is 13.3. The number of carboxylic acids is 1. The van der Waals surface area contributed by atoms with Gasteiger partial charge in [-0.3, -0.25) is 9.63 Å². The van der Waals surface area contributed by atoms with E-state index in [1.54, 1.807) is 0 Å². The minimum Gasteiger partial charge on any atom is -0.479 e. The Kier molecular flexibility index (Phi) is 7.25. The molecule has 31 heavy (non-hydrogen) atoms. The van der Waals surface area contributed by atoms with E-state index in [-0.39, 0.29) is 24.9 Å². The molecule has 0 radical (unpaired) electrons. The summed E-state index contributed by atoms with van der Waals surface area (Å²) in [6.45, 7) is 3.26. The third-order valence-electron chi connectivity index (χ3n) is 5.24. The second-order valence-electron chi connectivity index (χ2n) is 7.73. The molecule has 8 heteroatoms. The van der Waals surface area contributed by atoms with Crippen molar-refractivity contribution in [1.82, 2.24) is 10.8 Å². The maximum absolute atomic E-state index is 12.4. The number of hydrogen-bond donors (Lipinski definition) is 3. The van der Waals surface area contributed by atoms with Gasteiger partial charge in [0.15, 0.2) is 6.61 Å². The zero-order valence-electron chi connectivity index (χ0n) is 17.5. The van der Waals surface area contributed by atoms with Gasteiger partial charge in [0.1, 0.15) is 6.61 Å². The van der Waals surface area contributed by atoms with Gasteiger partial charge in [0, 0.05) is 18.4 Å². The lowest BCUT2D eigenvalue weighted by Crippen LogP contribution is -2.43. The lowest BCUT2D eigenvalue weighted by molar-refractivity contribution is -0.149. The molecule has 1 aliphatic rings. The van der Waals surface area contributed by atoms with E-state index >= 15 is 0 Å². The van der Waals surface area contributed by atoms with Crippen LogP contribution < -0.4 is 10.8 Å². The van der Waals surface area contributed by atoms with Crippen LogP contribution in [0.15, 0.2) is 48.5 Å². The van der Waals surface area contributed by atoms with Gasteiger partial charge in [-0.25, -0.2) is 15.1 Å². The number of alkyl carbamates (subject to hydrolysis) is 1. The van der Waals surface area contributed by atoms with Crippen molar-refractivity contribution in [3.63, 3.8) is 0 Å². The molecule has 0 aliphatic heterocycles. The summed E-state index contributed by atoms with van der Waals surface area (Å²) >= 11 is 0. The number of ether oxygens (including phenoxy) is 1. The quantitative estimate of drug-likeness (QED) is 0.531. The zero-order chi connectivity index (χ0) is 22.4. The molecule has 8 nitrogen and oxygen atoms in total. The Hall–Kier alpha value is -3.39. The number of benzene rings is 2. The zero-order valence-corrected chi connectivity index (χ0v) is 17.5. The van der Waals surface area contributed by atoms with Crippen molar-refractivity contribution in [2.75, 3.05) is 13.2 Å². The lowest BCUT2D eigenvalue weighted by atomic mass is 9.98. The van der Waals surface area contributed by atoms with Gasteiger partial charge in [-0.05, 0) is 28.2 Å².